The van der Waals surface area contributed by atoms with Crippen LogP contribution in [0, 0.1) is 0 Å². The molecule has 1 heterocycles. The summed E-state index contributed by atoms with van der Waals surface area (Å²) in [6.07, 6.45) is 1.47. The fraction of sp³-hybridized carbons (Fsp3) is 0. The Balaban J connectivity index is 2.21. The van der Waals surface area contributed by atoms with Crippen LogP contribution in [0.3, 0.4) is 0 Å². The lowest BCUT2D eigenvalue weighted by molar-refractivity contribution is 0.102. The van der Waals surface area contributed by atoms with Crippen LogP contribution in [-0.4, -0.2) is 21.1 Å². The zero-order valence-corrected chi connectivity index (χ0v) is 10.7. The summed E-state index contributed by atoms with van der Waals surface area (Å²) in [5.74, 6) is -0.810. The van der Waals surface area contributed by atoms with Crippen LogP contribution in [0.4, 0.5) is 5.69 Å². The number of carbonyl (C=O) groups is 1. The number of anilines is 1. The molecule has 0 aliphatic carbocycles. The number of amides is 1. The molecule has 5 nitrogen and oxygen atoms in total. The zero-order chi connectivity index (χ0) is 13.1. The molecule has 0 atom stereocenters. The van der Waals surface area contributed by atoms with Gasteiger partial charge in [0.05, 0.1) is 17.4 Å². The summed E-state index contributed by atoms with van der Waals surface area (Å²) in [7, 11) is 0. The molecule has 18 heavy (non-hydrogen) atoms. The summed E-state index contributed by atoms with van der Waals surface area (Å²) in [6.45, 7) is 0. The lowest BCUT2D eigenvalue weighted by Crippen LogP contribution is -2.12. The highest BCUT2D eigenvalue weighted by molar-refractivity contribution is 9.10. The first-order valence-corrected chi connectivity index (χ1v) is 5.80. The van der Waals surface area contributed by atoms with Crippen LogP contribution in [0.15, 0.2) is 41.1 Å². The Morgan fingerprint density at radius 1 is 1.22 bits per heavy atom. The van der Waals surface area contributed by atoms with Gasteiger partial charge < -0.3 is 15.5 Å². The number of phenolic OH excluding ortho intramolecular Hbond substituents is 2. The van der Waals surface area contributed by atoms with Gasteiger partial charge in [0.2, 0.25) is 0 Å². The Labute approximate surface area is 111 Å². The number of aromatic nitrogens is 1. The maximum absolute atomic E-state index is 11.9. The number of benzene rings is 1. The summed E-state index contributed by atoms with van der Waals surface area (Å²) < 4.78 is 0.653. The highest BCUT2D eigenvalue weighted by Crippen LogP contribution is 2.23. The van der Waals surface area contributed by atoms with Crippen molar-refractivity contribution in [1.29, 1.82) is 0 Å². The summed E-state index contributed by atoms with van der Waals surface area (Å²) in [4.78, 5) is 15.8. The zero-order valence-electron chi connectivity index (χ0n) is 9.09. The average molecular weight is 309 g/mol. The van der Waals surface area contributed by atoms with Crippen LogP contribution in [0.1, 0.15) is 10.4 Å². The van der Waals surface area contributed by atoms with Gasteiger partial charge in [-0.1, -0.05) is 0 Å². The van der Waals surface area contributed by atoms with Crippen LogP contribution in [0.5, 0.6) is 11.5 Å². The van der Waals surface area contributed by atoms with Crippen molar-refractivity contribution in [2.45, 2.75) is 0 Å². The van der Waals surface area contributed by atoms with Crippen LogP contribution < -0.4 is 5.32 Å². The molecular weight excluding hydrogens is 300 g/mol. The van der Waals surface area contributed by atoms with E-state index in [1.807, 2.05) is 0 Å². The molecule has 0 bridgehead atoms. The van der Waals surface area contributed by atoms with Gasteiger partial charge in [-0.15, -0.1) is 0 Å². The minimum atomic E-state index is -0.521. The molecule has 0 aliphatic heterocycles. The maximum atomic E-state index is 11.9. The largest absolute Gasteiger partial charge is 0.508 e. The number of pyridine rings is 1. The van der Waals surface area contributed by atoms with Crippen LogP contribution in [0.25, 0.3) is 0 Å². The number of nitrogens with zero attached hydrogens (tertiary/aromatic N) is 1. The number of phenols is 2. The first-order valence-electron chi connectivity index (χ1n) is 5.01. The molecule has 2 aromatic rings. The van der Waals surface area contributed by atoms with E-state index < -0.39 is 5.91 Å². The summed E-state index contributed by atoms with van der Waals surface area (Å²) in [5, 5.41) is 21.4. The van der Waals surface area contributed by atoms with E-state index in [-0.39, 0.29) is 17.1 Å². The molecule has 2 rings (SSSR count). The minimum Gasteiger partial charge on any atom is -0.508 e. The second kappa shape index (κ2) is 5.05. The van der Waals surface area contributed by atoms with Gasteiger partial charge in [-0.3, -0.25) is 4.79 Å². The monoisotopic (exact) mass is 308 g/mol. The number of hydrogen-bond donors (Lipinski definition) is 3. The van der Waals surface area contributed by atoms with Crippen molar-refractivity contribution >= 4 is 27.5 Å². The maximum Gasteiger partial charge on any atom is 0.259 e. The van der Waals surface area contributed by atoms with Gasteiger partial charge in [-0.2, -0.15) is 0 Å². The number of rotatable bonds is 2. The van der Waals surface area contributed by atoms with Crippen molar-refractivity contribution in [3.8, 4) is 11.5 Å². The van der Waals surface area contributed by atoms with E-state index in [0.29, 0.717) is 10.3 Å². The number of aromatic hydroxyl groups is 2. The molecule has 92 valence electrons. The quantitative estimate of drug-likeness (QED) is 0.588. The molecule has 0 fully saturated rings. The Bertz CT molecular complexity index is 584. The van der Waals surface area contributed by atoms with E-state index >= 15 is 0 Å². The number of halogens is 1. The van der Waals surface area contributed by atoms with Gasteiger partial charge in [-0.25, -0.2) is 4.98 Å². The summed E-state index contributed by atoms with van der Waals surface area (Å²) >= 11 is 3.18. The van der Waals surface area contributed by atoms with Crippen molar-refractivity contribution in [1.82, 2.24) is 4.98 Å². The third kappa shape index (κ3) is 2.78. The molecular formula is C12H9BrN2O3. The Kier molecular flexibility index (Phi) is 3.47. The minimum absolute atomic E-state index is 0.00193. The molecule has 0 aliphatic rings. The highest BCUT2D eigenvalue weighted by Gasteiger charge is 2.12. The van der Waals surface area contributed by atoms with Gasteiger partial charge in [0.25, 0.3) is 5.91 Å². The molecule has 0 saturated heterocycles. The van der Waals surface area contributed by atoms with E-state index in [4.69, 9.17) is 0 Å². The van der Waals surface area contributed by atoms with E-state index in [1.54, 1.807) is 12.1 Å². The SMILES string of the molecule is O=C(Nc1ccc(Br)nc1)c1cc(O)ccc1O. The first-order chi connectivity index (χ1) is 8.56. The van der Waals surface area contributed by atoms with Crippen molar-refractivity contribution in [2.75, 3.05) is 5.32 Å². The topological polar surface area (TPSA) is 82.5 Å². The van der Waals surface area contributed by atoms with Crippen molar-refractivity contribution in [3.05, 3.63) is 46.7 Å². The van der Waals surface area contributed by atoms with Crippen LogP contribution in [0.2, 0.25) is 0 Å². The molecule has 1 amide bonds. The molecule has 0 saturated carbocycles. The van der Waals surface area contributed by atoms with Gasteiger partial charge in [-0.05, 0) is 46.3 Å². The van der Waals surface area contributed by atoms with Crippen molar-refractivity contribution < 1.29 is 15.0 Å². The van der Waals surface area contributed by atoms with Gasteiger partial charge in [0, 0.05) is 0 Å². The van der Waals surface area contributed by atoms with E-state index in [2.05, 4.69) is 26.2 Å². The number of nitrogens with one attached hydrogen (secondary N) is 1. The second-order valence-corrected chi connectivity index (χ2v) is 4.34. The molecule has 1 aromatic carbocycles. The summed E-state index contributed by atoms with van der Waals surface area (Å²) in [6, 6.07) is 7.08. The number of hydrogen-bond acceptors (Lipinski definition) is 4. The predicted octanol–water partition coefficient (Wildman–Crippen LogP) is 2.51. The fourth-order valence-electron chi connectivity index (χ4n) is 1.35. The van der Waals surface area contributed by atoms with Gasteiger partial charge in [0.1, 0.15) is 16.1 Å². The van der Waals surface area contributed by atoms with Crippen LogP contribution >= 0.6 is 15.9 Å². The van der Waals surface area contributed by atoms with Crippen LogP contribution in [-0.2, 0) is 0 Å². The lowest BCUT2D eigenvalue weighted by atomic mass is 10.1. The molecule has 0 spiro atoms. The fourth-order valence-corrected chi connectivity index (χ4v) is 1.59. The summed E-state index contributed by atoms with van der Waals surface area (Å²) in [5.41, 5.74) is 0.490. The molecule has 3 N–H and O–H groups in total. The average Bonchev–Trinajstić information content (AvgIpc) is 2.35. The Morgan fingerprint density at radius 2 is 2.00 bits per heavy atom. The molecule has 1 aromatic heterocycles. The second-order valence-electron chi connectivity index (χ2n) is 3.53. The third-order valence-electron chi connectivity index (χ3n) is 2.21. The molecule has 0 radical (unpaired) electrons. The van der Waals surface area contributed by atoms with Crippen molar-refractivity contribution in [3.63, 3.8) is 0 Å². The highest BCUT2D eigenvalue weighted by atomic mass is 79.9. The van der Waals surface area contributed by atoms with E-state index in [9.17, 15) is 15.0 Å². The first kappa shape index (κ1) is 12.4. The number of carbonyl (C=O) groups excluding carboxylic acids is 1. The van der Waals surface area contributed by atoms with Gasteiger partial charge >= 0.3 is 0 Å². The Hall–Kier alpha value is -2.08. The molecule has 0 unspecified atom stereocenters. The smallest absolute Gasteiger partial charge is 0.259 e. The lowest BCUT2D eigenvalue weighted by Gasteiger charge is -2.06. The van der Waals surface area contributed by atoms with Crippen molar-refractivity contribution in [2.24, 2.45) is 0 Å². The van der Waals surface area contributed by atoms with E-state index in [0.717, 1.165) is 0 Å². The molecule has 6 heteroatoms. The van der Waals surface area contributed by atoms with E-state index in [1.165, 1.54) is 24.4 Å². The Morgan fingerprint density at radius 3 is 2.67 bits per heavy atom. The predicted molar refractivity (Wildman–Crippen MR) is 69.7 cm³/mol. The standard InChI is InChI=1S/C12H9BrN2O3/c13-11-4-1-7(6-14-11)15-12(18)9-5-8(16)2-3-10(9)17/h1-6,16-17H,(H,15,18). The normalized spacial score (nSPS) is 10.1. The van der Waals surface area contributed by atoms with Gasteiger partial charge in [0.15, 0.2) is 0 Å². The third-order valence-corrected chi connectivity index (χ3v) is 2.68.